The summed E-state index contributed by atoms with van der Waals surface area (Å²) in [5, 5.41) is 4.70. The molecule has 0 amide bonds. The molecule has 1 aromatic carbocycles. The van der Waals surface area contributed by atoms with Crippen molar-refractivity contribution in [1.82, 2.24) is 0 Å². The summed E-state index contributed by atoms with van der Waals surface area (Å²) in [6, 6.07) is 8.01. The molecule has 0 bridgehead atoms. The van der Waals surface area contributed by atoms with Crippen molar-refractivity contribution in [1.29, 1.82) is 0 Å². The van der Waals surface area contributed by atoms with E-state index in [-0.39, 0.29) is 5.92 Å². The molecule has 2 atom stereocenters. The predicted molar refractivity (Wildman–Crippen MR) is 60.1 cm³/mol. The average Bonchev–Trinajstić information content (AvgIpc) is 2.58. The number of hydrogen-bond acceptors (Lipinski definition) is 2. The maximum atomic E-state index is 11.3. The van der Waals surface area contributed by atoms with Crippen LogP contribution in [0.1, 0.15) is 30.4 Å². The molecule has 0 saturated carbocycles. The smallest absolute Gasteiger partial charge is 0.212 e. The maximum Gasteiger partial charge on any atom is 0.212 e. The molecule has 3 nitrogen and oxygen atoms in total. The zero-order chi connectivity index (χ0) is 11.1. The van der Waals surface area contributed by atoms with E-state index in [1.807, 2.05) is 18.2 Å². The van der Waals surface area contributed by atoms with E-state index in [4.69, 9.17) is 5.14 Å². The normalized spacial score (nSPS) is 22.4. The fourth-order valence-corrected chi connectivity index (χ4v) is 3.05. The van der Waals surface area contributed by atoms with Gasteiger partial charge in [-0.25, -0.2) is 13.6 Å². The quantitative estimate of drug-likeness (QED) is 0.827. The van der Waals surface area contributed by atoms with Gasteiger partial charge in [0.2, 0.25) is 10.0 Å². The first-order valence-electron chi connectivity index (χ1n) is 5.09. The van der Waals surface area contributed by atoms with Crippen molar-refractivity contribution in [3.8, 4) is 0 Å². The largest absolute Gasteiger partial charge is 0.228 e. The van der Waals surface area contributed by atoms with Gasteiger partial charge in [0.05, 0.1) is 5.25 Å². The Labute approximate surface area is 90.4 Å². The van der Waals surface area contributed by atoms with Gasteiger partial charge in [-0.05, 0) is 30.9 Å². The van der Waals surface area contributed by atoms with Gasteiger partial charge in [0.25, 0.3) is 0 Å². The lowest BCUT2D eigenvalue weighted by molar-refractivity contribution is 0.560. The number of benzene rings is 1. The molecular weight excluding hydrogens is 210 g/mol. The lowest BCUT2D eigenvalue weighted by atomic mass is 9.98. The third-order valence-corrected chi connectivity index (χ3v) is 4.63. The Bertz CT molecular complexity index is 467. The molecule has 0 aromatic heterocycles. The van der Waals surface area contributed by atoms with Crippen molar-refractivity contribution in [2.45, 2.75) is 30.9 Å². The molecule has 2 unspecified atom stereocenters. The molecule has 1 aromatic rings. The topological polar surface area (TPSA) is 60.2 Å². The molecule has 0 fully saturated rings. The summed E-state index contributed by atoms with van der Waals surface area (Å²) in [5.74, 6) is 0.0659. The minimum absolute atomic E-state index is 0.0659. The Kier molecular flexibility index (Phi) is 2.56. The van der Waals surface area contributed by atoms with Crippen molar-refractivity contribution in [3.05, 3.63) is 35.4 Å². The number of primary sulfonamides is 1. The van der Waals surface area contributed by atoms with Gasteiger partial charge in [0, 0.05) is 5.92 Å². The summed E-state index contributed by atoms with van der Waals surface area (Å²) in [4.78, 5) is 0. The van der Waals surface area contributed by atoms with Crippen LogP contribution < -0.4 is 5.14 Å². The molecule has 2 rings (SSSR count). The Morgan fingerprint density at radius 2 is 2.07 bits per heavy atom. The summed E-state index contributed by atoms with van der Waals surface area (Å²) in [6.07, 6.45) is 1.84. The van der Waals surface area contributed by atoms with Crippen LogP contribution in [0.25, 0.3) is 0 Å². The summed E-state index contributed by atoms with van der Waals surface area (Å²) in [7, 11) is -3.43. The predicted octanol–water partition coefficient (Wildman–Crippen LogP) is 1.39. The van der Waals surface area contributed by atoms with E-state index >= 15 is 0 Å². The second-order valence-corrected chi connectivity index (χ2v) is 6.06. The third kappa shape index (κ3) is 1.92. The van der Waals surface area contributed by atoms with Crippen LogP contribution in [-0.2, 0) is 16.4 Å². The maximum absolute atomic E-state index is 11.3. The van der Waals surface area contributed by atoms with Crippen molar-refractivity contribution in [2.75, 3.05) is 0 Å². The molecule has 2 N–H and O–H groups in total. The highest BCUT2D eigenvalue weighted by atomic mass is 32.2. The summed E-state index contributed by atoms with van der Waals surface area (Å²) >= 11 is 0. The zero-order valence-corrected chi connectivity index (χ0v) is 9.50. The molecule has 4 heteroatoms. The van der Waals surface area contributed by atoms with E-state index in [0.29, 0.717) is 0 Å². The highest BCUT2D eigenvalue weighted by Crippen LogP contribution is 2.36. The summed E-state index contributed by atoms with van der Waals surface area (Å²) in [6.45, 7) is 1.70. The van der Waals surface area contributed by atoms with Crippen LogP contribution in [0.5, 0.6) is 0 Å². The van der Waals surface area contributed by atoms with Crippen molar-refractivity contribution in [3.63, 3.8) is 0 Å². The minimum atomic E-state index is -3.43. The molecule has 0 heterocycles. The second kappa shape index (κ2) is 3.61. The van der Waals surface area contributed by atoms with E-state index in [9.17, 15) is 8.42 Å². The number of sulfonamides is 1. The summed E-state index contributed by atoms with van der Waals surface area (Å²) in [5.41, 5.74) is 2.41. The first kappa shape index (κ1) is 10.6. The van der Waals surface area contributed by atoms with Gasteiger partial charge < -0.3 is 0 Å². The Hall–Kier alpha value is -0.870. The molecule has 15 heavy (non-hydrogen) atoms. The van der Waals surface area contributed by atoms with E-state index in [1.54, 1.807) is 6.92 Å². The first-order chi connectivity index (χ1) is 7.00. The second-order valence-electron chi connectivity index (χ2n) is 4.14. The summed E-state index contributed by atoms with van der Waals surface area (Å²) < 4.78 is 22.6. The molecule has 0 aliphatic heterocycles. The van der Waals surface area contributed by atoms with Gasteiger partial charge >= 0.3 is 0 Å². The lowest BCUT2D eigenvalue weighted by Gasteiger charge is -2.17. The Morgan fingerprint density at radius 3 is 2.73 bits per heavy atom. The van der Waals surface area contributed by atoms with Gasteiger partial charge in [-0.15, -0.1) is 0 Å². The van der Waals surface area contributed by atoms with Gasteiger partial charge in [0.1, 0.15) is 0 Å². The van der Waals surface area contributed by atoms with Crippen molar-refractivity contribution < 1.29 is 8.42 Å². The standard InChI is InChI=1S/C11H15NO2S/c1-8(15(12,13)14)10-7-6-9-4-2-3-5-11(9)10/h2-5,8,10H,6-7H2,1H3,(H2,12,13,14). The molecule has 1 aliphatic rings. The molecule has 82 valence electrons. The highest BCUT2D eigenvalue weighted by Gasteiger charge is 2.32. The van der Waals surface area contributed by atoms with Crippen LogP contribution in [0.15, 0.2) is 24.3 Å². The number of nitrogens with two attached hydrogens (primary N) is 1. The van der Waals surface area contributed by atoms with E-state index in [1.165, 1.54) is 5.56 Å². The molecule has 1 aliphatic carbocycles. The molecule has 0 saturated heterocycles. The fraction of sp³-hybridized carbons (Fsp3) is 0.455. The van der Waals surface area contributed by atoms with Crippen LogP contribution in [0.2, 0.25) is 0 Å². The van der Waals surface area contributed by atoms with E-state index in [2.05, 4.69) is 6.07 Å². The first-order valence-corrected chi connectivity index (χ1v) is 6.70. The van der Waals surface area contributed by atoms with Crippen LogP contribution in [0.4, 0.5) is 0 Å². The fourth-order valence-electron chi connectivity index (χ4n) is 2.31. The van der Waals surface area contributed by atoms with Crippen molar-refractivity contribution in [2.24, 2.45) is 5.14 Å². The van der Waals surface area contributed by atoms with Gasteiger partial charge in [-0.3, -0.25) is 0 Å². The van der Waals surface area contributed by atoms with E-state index in [0.717, 1.165) is 18.4 Å². The number of rotatable bonds is 2. The molecule has 0 radical (unpaired) electrons. The number of fused-ring (bicyclic) bond motifs is 1. The van der Waals surface area contributed by atoms with Crippen LogP contribution >= 0.6 is 0 Å². The minimum Gasteiger partial charge on any atom is -0.228 e. The van der Waals surface area contributed by atoms with Gasteiger partial charge in [-0.1, -0.05) is 24.3 Å². The average molecular weight is 225 g/mol. The van der Waals surface area contributed by atoms with E-state index < -0.39 is 15.3 Å². The third-order valence-electron chi connectivity index (χ3n) is 3.26. The van der Waals surface area contributed by atoms with Crippen LogP contribution in [-0.4, -0.2) is 13.7 Å². The van der Waals surface area contributed by atoms with Crippen molar-refractivity contribution >= 4 is 10.0 Å². The van der Waals surface area contributed by atoms with Gasteiger partial charge in [-0.2, -0.15) is 0 Å². The Balaban J connectivity index is 2.36. The molecular formula is C11H15NO2S. The highest BCUT2D eigenvalue weighted by molar-refractivity contribution is 7.89. The Morgan fingerprint density at radius 1 is 1.40 bits per heavy atom. The van der Waals surface area contributed by atoms with Crippen LogP contribution in [0.3, 0.4) is 0 Å². The molecule has 0 spiro atoms. The SMILES string of the molecule is CC(C1CCc2ccccc21)S(N)(=O)=O. The van der Waals surface area contributed by atoms with Gasteiger partial charge in [0.15, 0.2) is 0 Å². The zero-order valence-electron chi connectivity index (χ0n) is 8.68. The number of hydrogen-bond donors (Lipinski definition) is 1. The monoisotopic (exact) mass is 225 g/mol. The number of aryl methyl sites for hydroxylation is 1. The lowest BCUT2D eigenvalue weighted by Crippen LogP contribution is -2.30. The van der Waals surface area contributed by atoms with Crippen LogP contribution in [0, 0.1) is 0 Å².